The Labute approximate surface area is 107 Å². The minimum absolute atomic E-state index is 0.240. The molecule has 0 N–H and O–H groups in total. The molecule has 0 aliphatic heterocycles. The summed E-state index contributed by atoms with van der Waals surface area (Å²) in [6, 6.07) is 4.84. The number of benzene rings is 1. The maximum Gasteiger partial charge on any atom is 0.198 e. The molecule has 1 aromatic carbocycles. The van der Waals surface area contributed by atoms with Crippen LogP contribution in [0.3, 0.4) is 0 Å². The van der Waals surface area contributed by atoms with Gasteiger partial charge in [0.15, 0.2) is 16.6 Å². The van der Waals surface area contributed by atoms with E-state index in [2.05, 4.69) is 15.2 Å². The monoisotopic (exact) mass is 262 g/mol. The number of nitrogens with zero attached hydrogens (tertiary/aromatic N) is 4. The molecule has 18 heavy (non-hydrogen) atoms. The van der Waals surface area contributed by atoms with Gasteiger partial charge in [-0.1, -0.05) is 23.2 Å². The van der Waals surface area contributed by atoms with Gasteiger partial charge in [0.1, 0.15) is 5.82 Å². The lowest BCUT2D eigenvalue weighted by Crippen LogP contribution is -1.93. The topological polar surface area (TPSA) is 43.1 Å². The highest BCUT2D eigenvalue weighted by molar-refractivity contribution is 6.32. The van der Waals surface area contributed by atoms with Gasteiger partial charge in [0, 0.05) is 12.4 Å². The summed E-state index contributed by atoms with van der Waals surface area (Å²) in [5.74, 6) is 0.0679. The van der Waals surface area contributed by atoms with E-state index in [-0.39, 0.29) is 11.0 Å². The van der Waals surface area contributed by atoms with Crippen LogP contribution in [0.25, 0.3) is 17.0 Å². The van der Waals surface area contributed by atoms with E-state index >= 15 is 0 Å². The molecule has 0 bridgehead atoms. The highest BCUT2D eigenvalue weighted by atomic mass is 35.5. The molecule has 0 saturated carbocycles. The first-order chi connectivity index (χ1) is 8.66. The van der Waals surface area contributed by atoms with Gasteiger partial charge >= 0.3 is 0 Å². The highest BCUT2D eigenvalue weighted by Gasteiger charge is 2.14. The Hall–Kier alpha value is -2.01. The molecule has 0 aliphatic carbocycles. The molecule has 4 nitrogen and oxygen atoms in total. The third kappa shape index (κ3) is 1.64. The fraction of sp³-hybridized carbons (Fsp3) is 0.0833. The van der Waals surface area contributed by atoms with Gasteiger partial charge in [-0.25, -0.2) is 9.37 Å². The smallest absolute Gasteiger partial charge is 0.198 e. The predicted octanol–water partition coefficient (Wildman–Crippen LogP) is 2.89. The Morgan fingerprint density at radius 2 is 2.11 bits per heavy atom. The van der Waals surface area contributed by atoms with E-state index in [0.717, 1.165) is 5.56 Å². The standard InChI is InChI=1S/C12H8ClFN4/c1-7-2-3-9(14)8(6-7)11-16-17-12-10(13)15-4-5-18(11)12/h2-6H,1H3. The number of halogens is 2. The van der Waals surface area contributed by atoms with E-state index in [1.54, 1.807) is 22.7 Å². The SMILES string of the molecule is Cc1ccc(F)c(-c2nnc3c(Cl)nccn23)c1. The number of hydrogen-bond acceptors (Lipinski definition) is 3. The third-order valence-electron chi connectivity index (χ3n) is 2.65. The lowest BCUT2D eigenvalue weighted by Gasteiger charge is -2.03. The van der Waals surface area contributed by atoms with Crippen molar-refractivity contribution in [2.75, 3.05) is 0 Å². The zero-order valence-corrected chi connectivity index (χ0v) is 10.2. The summed E-state index contributed by atoms with van der Waals surface area (Å²) in [4.78, 5) is 3.90. The molecule has 0 fully saturated rings. The van der Waals surface area contributed by atoms with E-state index in [0.29, 0.717) is 17.0 Å². The normalized spacial score (nSPS) is 11.1. The van der Waals surface area contributed by atoms with Gasteiger partial charge in [-0.05, 0) is 19.1 Å². The third-order valence-corrected chi connectivity index (χ3v) is 2.91. The summed E-state index contributed by atoms with van der Waals surface area (Å²) in [5, 5.41) is 8.13. The number of aryl methyl sites for hydroxylation is 1. The van der Waals surface area contributed by atoms with E-state index < -0.39 is 0 Å². The summed E-state index contributed by atoms with van der Waals surface area (Å²) < 4.78 is 15.4. The van der Waals surface area contributed by atoms with Crippen molar-refractivity contribution in [2.45, 2.75) is 6.92 Å². The van der Waals surface area contributed by atoms with Gasteiger partial charge in [0.05, 0.1) is 5.56 Å². The number of rotatable bonds is 1. The lowest BCUT2D eigenvalue weighted by molar-refractivity contribution is 0.629. The second-order valence-electron chi connectivity index (χ2n) is 3.92. The molecule has 90 valence electrons. The molecule has 0 radical (unpaired) electrons. The highest BCUT2D eigenvalue weighted by Crippen LogP contribution is 2.24. The van der Waals surface area contributed by atoms with Crippen molar-refractivity contribution in [3.8, 4) is 11.4 Å². The maximum absolute atomic E-state index is 13.8. The van der Waals surface area contributed by atoms with Crippen molar-refractivity contribution in [1.29, 1.82) is 0 Å². The first-order valence-corrected chi connectivity index (χ1v) is 5.66. The minimum Gasteiger partial charge on any atom is -0.278 e. The summed E-state index contributed by atoms with van der Waals surface area (Å²) >= 11 is 5.90. The van der Waals surface area contributed by atoms with E-state index in [9.17, 15) is 4.39 Å². The Morgan fingerprint density at radius 3 is 2.94 bits per heavy atom. The van der Waals surface area contributed by atoms with Gasteiger partial charge in [0.25, 0.3) is 0 Å². The molecule has 0 aliphatic rings. The molecule has 6 heteroatoms. The van der Waals surface area contributed by atoms with Crippen LogP contribution in [0.5, 0.6) is 0 Å². The molecule has 0 spiro atoms. The number of hydrogen-bond donors (Lipinski definition) is 0. The van der Waals surface area contributed by atoms with Crippen LogP contribution >= 0.6 is 11.6 Å². The van der Waals surface area contributed by atoms with Gasteiger partial charge in [-0.3, -0.25) is 4.40 Å². The van der Waals surface area contributed by atoms with Gasteiger partial charge in [-0.15, -0.1) is 10.2 Å². The average Bonchev–Trinajstić information content (AvgIpc) is 2.77. The zero-order valence-electron chi connectivity index (χ0n) is 9.43. The number of fused-ring (bicyclic) bond motifs is 1. The first kappa shape index (κ1) is 11.1. The van der Waals surface area contributed by atoms with Crippen LogP contribution in [0, 0.1) is 12.7 Å². The van der Waals surface area contributed by atoms with Gasteiger partial charge in [-0.2, -0.15) is 0 Å². The molecule has 0 atom stereocenters. The van der Waals surface area contributed by atoms with Crippen LogP contribution in [-0.4, -0.2) is 19.6 Å². The van der Waals surface area contributed by atoms with Crippen LogP contribution in [0.1, 0.15) is 5.56 Å². The molecule has 3 rings (SSSR count). The summed E-state index contributed by atoms with van der Waals surface area (Å²) in [5.41, 5.74) is 1.75. The molecular formula is C12H8ClFN4. The fourth-order valence-corrected chi connectivity index (χ4v) is 1.98. The fourth-order valence-electron chi connectivity index (χ4n) is 1.79. The van der Waals surface area contributed by atoms with Crippen molar-refractivity contribution < 1.29 is 4.39 Å². The molecule has 0 saturated heterocycles. The predicted molar refractivity (Wildman–Crippen MR) is 65.9 cm³/mol. The lowest BCUT2D eigenvalue weighted by atomic mass is 10.1. The van der Waals surface area contributed by atoms with E-state index in [1.165, 1.54) is 12.3 Å². The average molecular weight is 263 g/mol. The van der Waals surface area contributed by atoms with Crippen molar-refractivity contribution >= 4 is 17.2 Å². The molecular weight excluding hydrogens is 255 g/mol. The molecule has 0 unspecified atom stereocenters. The summed E-state index contributed by atoms with van der Waals surface area (Å²) in [6.07, 6.45) is 3.17. The van der Waals surface area contributed by atoms with Crippen LogP contribution in [0.4, 0.5) is 4.39 Å². The van der Waals surface area contributed by atoms with Crippen LogP contribution in [-0.2, 0) is 0 Å². The van der Waals surface area contributed by atoms with Crippen LogP contribution < -0.4 is 0 Å². The maximum atomic E-state index is 13.8. The Kier molecular flexibility index (Phi) is 2.48. The Morgan fingerprint density at radius 1 is 1.28 bits per heavy atom. The summed E-state index contributed by atoms with van der Waals surface area (Å²) in [6.45, 7) is 1.89. The molecule has 2 heterocycles. The molecule has 0 amide bonds. The quantitative estimate of drug-likeness (QED) is 0.677. The van der Waals surface area contributed by atoms with E-state index in [4.69, 9.17) is 11.6 Å². The van der Waals surface area contributed by atoms with Crippen molar-refractivity contribution in [1.82, 2.24) is 19.6 Å². The van der Waals surface area contributed by atoms with Gasteiger partial charge < -0.3 is 0 Å². The second kappa shape index (κ2) is 4.03. The first-order valence-electron chi connectivity index (χ1n) is 5.28. The Bertz CT molecular complexity index is 738. The van der Waals surface area contributed by atoms with Gasteiger partial charge in [0.2, 0.25) is 0 Å². The minimum atomic E-state index is -0.345. The molecule has 3 aromatic rings. The number of aromatic nitrogens is 4. The largest absolute Gasteiger partial charge is 0.278 e. The summed E-state index contributed by atoms with van der Waals surface area (Å²) in [7, 11) is 0. The second-order valence-corrected chi connectivity index (χ2v) is 4.28. The van der Waals surface area contributed by atoms with Crippen molar-refractivity contribution in [3.05, 3.63) is 47.1 Å². The Balaban J connectivity index is 2.32. The zero-order chi connectivity index (χ0) is 12.7. The molecule has 2 aromatic heterocycles. The van der Waals surface area contributed by atoms with Crippen LogP contribution in [0.2, 0.25) is 5.15 Å². The van der Waals surface area contributed by atoms with Crippen molar-refractivity contribution in [3.63, 3.8) is 0 Å². The van der Waals surface area contributed by atoms with Crippen molar-refractivity contribution in [2.24, 2.45) is 0 Å². The van der Waals surface area contributed by atoms with E-state index in [1.807, 2.05) is 6.92 Å². The van der Waals surface area contributed by atoms with Crippen LogP contribution in [0.15, 0.2) is 30.6 Å².